The van der Waals surface area contributed by atoms with E-state index in [9.17, 15) is 13.2 Å². The molecule has 0 aromatic heterocycles. The van der Waals surface area contributed by atoms with E-state index < -0.39 is 10.0 Å². The number of nitrogens with zero attached hydrogens (tertiary/aromatic N) is 1. The van der Waals surface area contributed by atoms with Gasteiger partial charge < -0.3 is 5.32 Å². The molecule has 26 heavy (non-hydrogen) atoms. The Morgan fingerprint density at radius 3 is 2.50 bits per heavy atom. The summed E-state index contributed by atoms with van der Waals surface area (Å²) in [5.74, 6) is -0.385. The van der Waals surface area contributed by atoms with Gasteiger partial charge in [0.2, 0.25) is 15.9 Å². The van der Waals surface area contributed by atoms with Crippen molar-refractivity contribution >= 4 is 33.2 Å². The third kappa shape index (κ3) is 5.22. The van der Waals surface area contributed by atoms with E-state index in [0.717, 1.165) is 27.3 Å². The maximum atomic E-state index is 12.5. The number of aryl methyl sites for hydroxylation is 2. The fourth-order valence-electron chi connectivity index (χ4n) is 2.75. The SMILES string of the molecule is Cc1ccc(C)c([C@@H](C)NC(=O)CN(c2cccc(Cl)c2)S(C)(=O)=O)c1. The van der Waals surface area contributed by atoms with E-state index >= 15 is 0 Å². The molecule has 1 amide bonds. The van der Waals surface area contributed by atoms with Gasteiger partial charge in [-0.15, -0.1) is 0 Å². The number of hydrogen-bond acceptors (Lipinski definition) is 3. The van der Waals surface area contributed by atoms with Crippen LogP contribution in [-0.4, -0.2) is 27.1 Å². The van der Waals surface area contributed by atoms with Crippen LogP contribution in [0, 0.1) is 13.8 Å². The van der Waals surface area contributed by atoms with Crippen molar-refractivity contribution in [2.24, 2.45) is 0 Å². The fraction of sp³-hybridized carbons (Fsp3) is 0.316. The molecule has 0 radical (unpaired) electrons. The van der Waals surface area contributed by atoms with Crippen LogP contribution in [0.2, 0.25) is 5.02 Å². The maximum Gasteiger partial charge on any atom is 0.241 e. The molecule has 2 aromatic carbocycles. The molecule has 0 unspecified atom stereocenters. The zero-order chi connectivity index (χ0) is 19.5. The Labute approximate surface area is 160 Å². The Bertz CT molecular complexity index is 913. The van der Waals surface area contributed by atoms with Gasteiger partial charge in [-0.1, -0.05) is 41.4 Å². The highest BCUT2D eigenvalue weighted by molar-refractivity contribution is 7.92. The van der Waals surface area contributed by atoms with Gasteiger partial charge in [0, 0.05) is 5.02 Å². The van der Waals surface area contributed by atoms with Crippen molar-refractivity contribution in [2.45, 2.75) is 26.8 Å². The molecule has 1 atom stereocenters. The topological polar surface area (TPSA) is 66.5 Å². The van der Waals surface area contributed by atoms with Crippen LogP contribution < -0.4 is 9.62 Å². The molecule has 140 valence electrons. The highest BCUT2D eigenvalue weighted by Gasteiger charge is 2.22. The average molecular weight is 395 g/mol. The monoisotopic (exact) mass is 394 g/mol. The molecule has 5 nitrogen and oxygen atoms in total. The Morgan fingerprint density at radius 2 is 1.88 bits per heavy atom. The molecular weight excluding hydrogens is 372 g/mol. The van der Waals surface area contributed by atoms with Crippen molar-refractivity contribution in [3.8, 4) is 0 Å². The number of amides is 1. The normalized spacial score (nSPS) is 12.5. The van der Waals surface area contributed by atoms with E-state index in [1.54, 1.807) is 18.2 Å². The molecule has 2 rings (SSSR count). The van der Waals surface area contributed by atoms with Crippen molar-refractivity contribution < 1.29 is 13.2 Å². The summed E-state index contributed by atoms with van der Waals surface area (Å²) >= 11 is 5.95. The zero-order valence-electron chi connectivity index (χ0n) is 15.3. The standard InChI is InChI=1S/C19H23ClN2O3S/c1-13-8-9-14(2)18(10-13)15(3)21-19(23)12-22(26(4,24)25)17-7-5-6-16(20)11-17/h5-11,15H,12H2,1-4H3,(H,21,23)/t15-/m1/s1. The van der Waals surface area contributed by atoms with Gasteiger partial charge in [0.05, 0.1) is 18.0 Å². The van der Waals surface area contributed by atoms with Crippen molar-refractivity contribution in [2.75, 3.05) is 17.1 Å². The number of halogens is 1. The van der Waals surface area contributed by atoms with Crippen molar-refractivity contribution in [3.63, 3.8) is 0 Å². The molecule has 0 aliphatic heterocycles. The summed E-state index contributed by atoms with van der Waals surface area (Å²) in [5, 5.41) is 3.28. The minimum Gasteiger partial charge on any atom is -0.348 e. The molecule has 0 spiro atoms. The van der Waals surface area contributed by atoms with Gasteiger partial charge in [0.15, 0.2) is 0 Å². The molecule has 1 N–H and O–H groups in total. The quantitative estimate of drug-likeness (QED) is 0.813. The van der Waals surface area contributed by atoms with Gasteiger partial charge in [-0.2, -0.15) is 0 Å². The number of rotatable bonds is 6. The summed E-state index contributed by atoms with van der Waals surface area (Å²) < 4.78 is 25.3. The molecule has 0 saturated heterocycles. The second-order valence-corrected chi connectivity index (χ2v) is 8.74. The van der Waals surface area contributed by atoms with Gasteiger partial charge >= 0.3 is 0 Å². The highest BCUT2D eigenvalue weighted by atomic mass is 35.5. The summed E-state index contributed by atoms with van der Waals surface area (Å²) in [6.45, 7) is 5.53. The van der Waals surface area contributed by atoms with Crippen LogP contribution >= 0.6 is 11.6 Å². The van der Waals surface area contributed by atoms with E-state index in [2.05, 4.69) is 5.32 Å². The number of carbonyl (C=O) groups excluding carboxylic acids is 1. The molecule has 0 bridgehead atoms. The Balaban J connectivity index is 2.19. The predicted octanol–water partition coefficient (Wildman–Crippen LogP) is 3.60. The fourth-order valence-corrected chi connectivity index (χ4v) is 3.79. The number of hydrogen-bond donors (Lipinski definition) is 1. The van der Waals surface area contributed by atoms with Crippen LogP contribution in [0.25, 0.3) is 0 Å². The molecule has 7 heteroatoms. The summed E-state index contributed by atoms with van der Waals surface area (Å²) in [7, 11) is -3.63. The summed E-state index contributed by atoms with van der Waals surface area (Å²) in [6, 6.07) is 12.2. The van der Waals surface area contributed by atoms with E-state index in [0.29, 0.717) is 10.7 Å². The van der Waals surface area contributed by atoms with E-state index in [-0.39, 0.29) is 18.5 Å². The molecule has 0 saturated carbocycles. The number of benzene rings is 2. The van der Waals surface area contributed by atoms with Gasteiger partial charge in [-0.3, -0.25) is 9.10 Å². The van der Waals surface area contributed by atoms with Gasteiger partial charge in [0.1, 0.15) is 6.54 Å². The second-order valence-electron chi connectivity index (χ2n) is 6.40. The van der Waals surface area contributed by atoms with Crippen LogP contribution in [0.1, 0.15) is 29.7 Å². The van der Waals surface area contributed by atoms with E-state index in [1.807, 2.05) is 39.0 Å². The number of sulfonamides is 1. The number of nitrogens with one attached hydrogen (secondary N) is 1. The van der Waals surface area contributed by atoms with Crippen molar-refractivity contribution in [1.82, 2.24) is 5.32 Å². The molecule has 2 aromatic rings. The Kier molecular flexibility index (Phi) is 6.31. The van der Waals surface area contributed by atoms with Crippen molar-refractivity contribution in [3.05, 3.63) is 64.2 Å². The van der Waals surface area contributed by atoms with Gasteiger partial charge in [-0.05, 0) is 50.1 Å². The first-order valence-corrected chi connectivity index (χ1v) is 10.4. The summed E-state index contributed by atoms with van der Waals surface area (Å²) in [4.78, 5) is 12.5. The van der Waals surface area contributed by atoms with Crippen LogP contribution in [0.3, 0.4) is 0 Å². The smallest absolute Gasteiger partial charge is 0.241 e. The molecule has 0 heterocycles. The molecular formula is C19H23ClN2O3S. The lowest BCUT2D eigenvalue weighted by Crippen LogP contribution is -2.41. The van der Waals surface area contributed by atoms with Crippen LogP contribution in [-0.2, 0) is 14.8 Å². The van der Waals surface area contributed by atoms with Crippen LogP contribution in [0.4, 0.5) is 5.69 Å². The second kappa shape index (κ2) is 8.10. The summed E-state index contributed by atoms with van der Waals surface area (Å²) in [6.07, 6.45) is 1.06. The number of carbonyl (C=O) groups is 1. The summed E-state index contributed by atoms with van der Waals surface area (Å²) in [5.41, 5.74) is 3.53. The minimum atomic E-state index is -3.63. The van der Waals surface area contributed by atoms with Crippen molar-refractivity contribution in [1.29, 1.82) is 0 Å². The lowest BCUT2D eigenvalue weighted by molar-refractivity contribution is -0.120. The lowest BCUT2D eigenvalue weighted by Gasteiger charge is -2.24. The third-order valence-corrected chi connectivity index (χ3v) is 5.44. The first-order valence-electron chi connectivity index (χ1n) is 8.17. The largest absolute Gasteiger partial charge is 0.348 e. The van der Waals surface area contributed by atoms with Gasteiger partial charge in [0.25, 0.3) is 0 Å². The molecule has 0 aliphatic rings. The third-order valence-electron chi connectivity index (χ3n) is 4.06. The number of anilines is 1. The van der Waals surface area contributed by atoms with Crippen LogP contribution in [0.5, 0.6) is 0 Å². The first kappa shape index (κ1) is 20.3. The van der Waals surface area contributed by atoms with Crippen LogP contribution in [0.15, 0.2) is 42.5 Å². The zero-order valence-corrected chi connectivity index (χ0v) is 16.9. The minimum absolute atomic E-state index is 0.233. The lowest BCUT2D eigenvalue weighted by atomic mass is 10.00. The average Bonchev–Trinajstić information content (AvgIpc) is 2.53. The maximum absolute atomic E-state index is 12.5. The molecule has 0 fully saturated rings. The Morgan fingerprint density at radius 1 is 1.19 bits per heavy atom. The van der Waals surface area contributed by atoms with E-state index in [4.69, 9.17) is 11.6 Å². The predicted molar refractivity (Wildman–Crippen MR) is 106 cm³/mol. The van der Waals surface area contributed by atoms with Gasteiger partial charge in [-0.25, -0.2) is 8.42 Å². The van der Waals surface area contributed by atoms with E-state index in [1.165, 1.54) is 6.07 Å². The molecule has 0 aliphatic carbocycles. The highest BCUT2D eigenvalue weighted by Crippen LogP contribution is 2.22. The first-order chi connectivity index (χ1) is 12.1. The Hall–Kier alpha value is -2.05.